The molecule has 0 saturated heterocycles. The highest BCUT2D eigenvalue weighted by Crippen LogP contribution is 2.18. The number of carbonyl (C=O) groups is 1. The van der Waals surface area contributed by atoms with Crippen molar-refractivity contribution in [2.75, 3.05) is 5.73 Å². The van der Waals surface area contributed by atoms with Crippen molar-refractivity contribution in [3.05, 3.63) is 47.0 Å². The highest BCUT2D eigenvalue weighted by atomic mass is 19.1. The van der Waals surface area contributed by atoms with Gasteiger partial charge in [-0.1, -0.05) is 0 Å². The number of anilines is 1. The molecule has 0 fully saturated rings. The molecule has 1 aromatic heterocycles. The van der Waals surface area contributed by atoms with Gasteiger partial charge in [0.2, 0.25) is 0 Å². The van der Waals surface area contributed by atoms with E-state index in [1.807, 2.05) is 20.9 Å². The Labute approximate surface area is 116 Å². The summed E-state index contributed by atoms with van der Waals surface area (Å²) in [5, 5.41) is 6.97. The molecule has 0 aliphatic heterocycles. The van der Waals surface area contributed by atoms with Crippen LogP contribution in [0.3, 0.4) is 0 Å². The van der Waals surface area contributed by atoms with E-state index in [0.717, 1.165) is 17.3 Å². The lowest BCUT2D eigenvalue weighted by Crippen LogP contribution is -2.27. The number of rotatable bonds is 3. The second kappa shape index (κ2) is 5.32. The third-order valence-electron chi connectivity index (χ3n) is 3.35. The predicted octanol–water partition coefficient (Wildman–Crippen LogP) is 1.94. The SMILES string of the molecule is Cc1c(C(C)NC(=O)c2ccc(F)cc2N)cnn1C. The number of hydrogen-bond donors (Lipinski definition) is 2. The van der Waals surface area contributed by atoms with E-state index < -0.39 is 5.82 Å². The molecular formula is C14H17FN4O. The molecule has 0 aliphatic carbocycles. The zero-order chi connectivity index (χ0) is 14.9. The van der Waals surface area contributed by atoms with Crippen LogP contribution in [0.25, 0.3) is 0 Å². The van der Waals surface area contributed by atoms with Gasteiger partial charge in [-0.2, -0.15) is 5.10 Å². The van der Waals surface area contributed by atoms with Crippen molar-refractivity contribution < 1.29 is 9.18 Å². The number of nitrogens with one attached hydrogen (secondary N) is 1. The molecular weight excluding hydrogens is 259 g/mol. The Kier molecular flexibility index (Phi) is 3.74. The Morgan fingerprint density at radius 3 is 2.75 bits per heavy atom. The Hall–Kier alpha value is -2.37. The summed E-state index contributed by atoms with van der Waals surface area (Å²) in [7, 11) is 1.84. The standard InChI is InChI=1S/C14H17FN4O/c1-8(12-7-17-19(3)9(12)2)18-14(20)11-5-4-10(15)6-13(11)16/h4-8H,16H2,1-3H3,(H,18,20). The quantitative estimate of drug-likeness (QED) is 0.841. The first-order valence-electron chi connectivity index (χ1n) is 6.24. The Morgan fingerprint density at radius 2 is 2.20 bits per heavy atom. The van der Waals surface area contributed by atoms with Crippen LogP contribution < -0.4 is 11.1 Å². The van der Waals surface area contributed by atoms with E-state index in [4.69, 9.17) is 5.73 Å². The van der Waals surface area contributed by atoms with Crippen molar-refractivity contribution >= 4 is 11.6 Å². The average molecular weight is 276 g/mol. The zero-order valence-corrected chi connectivity index (χ0v) is 11.6. The van der Waals surface area contributed by atoms with Crippen LogP contribution in [0, 0.1) is 12.7 Å². The van der Waals surface area contributed by atoms with Gasteiger partial charge in [0.1, 0.15) is 5.82 Å². The highest BCUT2D eigenvalue weighted by molar-refractivity contribution is 5.99. The molecule has 0 spiro atoms. The molecule has 0 aliphatic rings. The summed E-state index contributed by atoms with van der Waals surface area (Å²) in [6.45, 7) is 3.79. The summed E-state index contributed by atoms with van der Waals surface area (Å²) >= 11 is 0. The summed E-state index contributed by atoms with van der Waals surface area (Å²) in [5.41, 5.74) is 7.95. The number of amides is 1. The van der Waals surface area contributed by atoms with E-state index in [1.165, 1.54) is 12.1 Å². The fraction of sp³-hybridized carbons (Fsp3) is 0.286. The first kappa shape index (κ1) is 14.0. The van der Waals surface area contributed by atoms with Gasteiger partial charge in [-0.25, -0.2) is 4.39 Å². The largest absolute Gasteiger partial charge is 0.398 e. The van der Waals surface area contributed by atoms with E-state index in [2.05, 4.69) is 10.4 Å². The molecule has 2 aromatic rings. The van der Waals surface area contributed by atoms with Gasteiger partial charge in [0.25, 0.3) is 5.91 Å². The first-order valence-corrected chi connectivity index (χ1v) is 6.24. The number of aromatic nitrogens is 2. The summed E-state index contributed by atoms with van der Waals surface area (Å²) in [6.07, 6.45) is 1.72. The molecule has 0 bridgehead atoms. The number of nitrogen functional groups attached to an aromatic ring is 1. The summed E-state index contributed by atoms with van der Waals surface area (Å²) in [5.74, 6) is -0.798. The van der Waals surface area contributed by atoms with Crippen molar-refractivity contribution in [3.63, 3.8) is 0 Å². The zero-order valence-electron chi connectivity index (χ0n) is 11.6. The van der Waals surface area contributed by atoms with Gasteiger partial charge in [0.05, 0.1) is 17.8 Å². The van der Waals surface area contributed by atoms with Crippen molar-refractivity contribution in [2.24, 2.45) is 7.05 Å². The summed E-state index contributed by atoms with van der Waals surface area (Å²) in [4.78, 5) is 12.1. The Bertz CT molecular complexity index is 651. The predicted molar refractivity (Wildman–Crippen MR) is 74.6 cm³/mol. The molecule has 2 rings (SSSR count). The highest BCUT2D eigenvalue weighted by Gasteiger charge is 2.17. The van der Waals surface area contributed by atoms with Gasteiger partial charge in [0.15, 0.2) is 0 Å². The Balaban J connectivity index is 2.17. The number of hydrogen-bond acceptors (Lipinski definition) is 3. The summed E-state index contributed by atoms with van der Waals surface area (Å²) < 4.78 is 14.7. The molecule has 106 valence electrons. The molecule has 1 heterocycles. The number of nitrogens with zero attached hydrogens (tertiary/aromatic N) is 2. The van der Waals surface area contributed by atoms with Gasteiger partial charge in [0, 0.05) is 24.0 Å². The number of carbonyl (C=O) groups excluding carboxylic acids is 1. The van der Waals surface area contributed by atoms with E-state index in [1.54, 1.807) is 10.9 Å². The normalized spacial score (nSPS) is 12.2. The van der Waals surface area contributed by atoms with Gasteiger partial charge in [-0.05, 0) is 32.0 Å². The molecule has 1 atom stereocenters. The first-order chi connectivity index (χ1) is 9.40. The van der Waals surface area contributed by atoms with Crippen LogP contribution in [0.5, 0.6) is 0 Å². The maximum Gasteiger partial charge on any atom is 0.253 e. The number of aryl methyl sites for hydroxylation is 1. The van der Waals surface area contributed by atoms with E-state index in [0.29, 0.717) is 0 Å². The maximum atomic E-state index is 13.0. The molecule has 3 N–H and O–H groups in total. The van der Waals surface area contributed by atoms with Crippen LogP contribution in [0.1, 0.15) is 34.6 Å². The smallest absolute Gasteiger partial charge is 0.253 e. The summed E-state index contributed by atoms with van der Waals surface area (Å²) in [6, 6.07) is 3.52. The molecule has 1 unspecified atom stereocenters. The minimum absolute atomic E-state index is 0.123. The number of halogens is 1. The molecule has 0 saturated carbocycles. The molecule has 5 nitrogen and oxygen atoms in total. The van der Waals surface area contributed by atoms with E-state index in [9.17, 15) is 9.18 Å². The topological polar surface area (TPSA) is 72.9 Å². The van der Waals surface area contributed by atoms with Crippen LogP contribution in [-0.2, 0) is 7.05 Å². The maximum absolute atomic E-state index is 13.0. The van der Waals surface area contributed by atoms with Gasteiger partial charge in [-0.15, -0.1) is 0 Å². The van der Waals surface area contributed by atoms with Crippen molar-refractivity contribution in [2.45, 2.75) is 19.9 Å². The lowest BCUT2D eigenvalue weighted by molar-refractivity contribution is 0.0940. The molecule has 1 amide bonds. The number of nitrogens with two attached hydrogens (primary N) is 1. The lowest BCUT2D eigenvalue weighted by Gasteiger charge is -2.14. The van der Waals surface area contributed by atoms with Crippen molar-refractivity contribution in [3.8, 4) is 0 Å². The van der Waals surface area contributed by atoms with Gasteiger partial charge in [-0.3, -0.25) is 9.48 Å². The monoisotopic (exact) mass is 276 g/mol. The van der Waals surface area contributed by atoms with Crippen LogP contribution in [0.2, 0.25) is 0 Å². The molecule has 20 heavy (non-hydrogen) atoms. The van der Waals surface area contributed by atoms with E-state index in [-0.39, 0.29) is 23.2 Å². The van der Waals surface area contributed by atoms with Crippen molar-refractivity contribution in [1.29, 1.82) is 0 Å². The molecule has 0 radical (unpaired) electrons. The minimum Gasteiger partial charge on any atom is -0.398 e. The fourth-order valence-corrected chi connectivity index (χ4v) is 2.03. The third kappa shape index (κ3) is 2.64. The Morgan fingerprint density at radius 1 is 1.50 bits per heavy atom. The second-order valence-electron chi connectivity index (χ2n) is 4.74. The van der Waals surface area contributed by atoms with Crippen LogP contribution in [-0.4, -0.2) is 15.7 Å². The fourth-order valence-electron chi connectivity index (χ4n) is 2.03. The van der Waals surface area contributed by atoms with Gasteiger partial charge >= 0.3 is 0 Å². The van der Waals surface area contributed by atoms with E-state index >= 15 is 0 Å². The third-order valence-corrected chi connectivity index (χ3v) is 3.35. The average Bonchev–Trinajstić information content (AvgIpc) is 2.69. The molecule has 1 aromatic carbocycles. The lowest BCUT2D eigenvalue weighted by atomic mass is 10.1. The van der Waals surface area contributed by atoms with Gasteiger partial charge < -0.3 is 11.1 Å². The van der Waals surface area contributed by atoms with Crippen LogP contribution in [0.15, 0.2) is 24.4 Å². The van der Waals surface area contributed by atoms with Crippen molar-refractivity contribution in [1.82, 2.24) is 15.1 Å². The second-order valence-corrected chi connectivity index (χ2v) is 4.74. The minimum atomic E-state index is -0.463. The van der Waals surface area contributed by atoms with Crippen LogP contribution in [0.4, 0.5) is 10.1 Å². The molecule has 6 heteroatoms. The number of benzene rings is 1. The van der Waals surface area contributed by atoms with Crippen LogP contribution >= 0.6 is 0 Å².